The summed E-state index contributed by atoms with van der Waals surface area (Å²) in [6.07, 6.45) is 0.224. The summed E-state index contributed by atoms with van der Waals surface area (Å²) in [6, 6.07) is 11.9. The summed E-state index contributed by atoms with van der Waals surface area (Å²) < 4.78 is 40.3. The number of aliphatic imine (C=N–C) groups is 1. The molecule has 0 spiro atoms. The van der Waals surface area contributed by atoms with Gasteiger partial charge in [0.1, 0.15) is 11.7 Å². The highest BCUT2D eigenvalue weighted by atomic mass is 32.2. The molecule has 11 heteroatoms. The van der Waals surface area contributed by atoms with Gasteiger partial charge in [-0.1, -0.05) is 51.1 Å². The van der Waals surface area contributed by atoms with Crippen molar-refractivity contribution in [3.63, 3.8) is 0 Å². The minimum atomic E-state index is -3.71. The Hall–Kier alpha value is -3.44. The molecule has 0 aromatic heterocycles. The van der Waals surface area contributed by atoms with Crippen LogP contribution in [0.2, 0.25) is 0 Å². The summed E-state index contributed by atoms with van der Waals surface area (Å²) in [5.41, 5.74) is -0.0472. The number of hydrogen-bond donors (Lipinski definition) is 2. The van der Waals surface area contributed by atoms with Crippen LogP contribution in [0.3, 0.4) is 0 Å². The van der Waals surface area contributed by atoms with Crippen LogP contribution < -0.4 is 10.0 Å². The Labute approximate surface area is 209 Å². The number of nitrogens with one attached hydrogen (secondary N) is 2. The lowest BCUT2D eigenvalue weighted by molar-refractivity contribution is -0.146. The molecule has 2 N–H and O–H groups in total. The van der Waals surface area contributed by atoms with Crippen LogP contribution >= 0.6 is 0 Å². The van der Waals surface area contributed by atoms with E-state index in [1.807, 2.05) is 0 Å². The molecule has 0 bridgehead atoms. The summed E-state index contributed by atoms with van der Waals surface area (Å²) >= 11 is 0. The van der Waals surface area contributed by atoms with Crippen molar-refractivity contribution in [1.82, 2.24) is 14.9 Å². The molecule has 1 unspecified atom stereocenters. The van der Waals surface area contributed by atoms with E-state index in [0.29, 0.717) is 5.56 Å². The quantitative estimate of drug-likeness (QED) is 0.300. The van der Waals surface area contributed by atoms with Crippen molar-refractivity contribution in [2.75, 3.05) is 13.1 Å². The maximum absolute atomic E-state index is 13.1. The van der Waals surface area contributed by atoms with Crippen LogP contribution in [0.25, 0.3) is 0 Å². The number of amides is 2. The van der Waals surface area contributed by atoms with Gasteiger partial charge >= 0.3 is 0 Å². The predicted molar refractivity (Wildman–Crippen MR) is 132 cm³/mol. The largest absolute Gasteiger partial charge is 0.350 e. The zero-order chi connectivity index (χ0) is 26.5. The first kappa shape index (κ1) is 27.2. The number of rotatable bonds is 9. The molecule has 1 heterocycles. The number of hydrogen-bond acceptors (Lipinski definition) is 6. The van der Waals surface area contributed by atoms with E-state index in [2.05, 4.69) is 15.0 Å². The SMILES string of the molecule is CC(C)(C)C1=NC(C(=O)NCc2ccc(F)cc2)C(=O)C(=O)N1CCCNS(=O)(=O)c1ccccc1. The van der Waals surface area contributed by atoms with E-state index in [9.17, 15) is 27.2 Å². The highest BCUT2D eigenvalue weighted by Gasteiger charge is 2.43. The van der Waals surface area contributed by atoms with E-state index >= 15 is 0 Å². The molecule has 0 fully saturated rings. The van der Waals surface area contributed by atoms with Gasteiger partial charge in [-0.2, -0.15) is 0 Å². The first-order valence-electron chi connectivity index (χ1n) is 11.4. The number of amidine groups is 1. The standard InChI is InChI=1S/C25H29FN4O5S/c1-25(2,3)24-29-20(22(32)27-16-17-10-12-18(26)13-11-17)21(31)23(33)30(24)15-7-14-28-36(34,35)19-8-5-4-6-9-19/h4-6,8-13,20,28H,7,14-16H2,1-3H3,(H,27,32). The van der Waals surface area contributed by atoms with Gasteiger partial charge in [-0.3, -0.25) is 19.3 Å². The summed E-state index contributed by atoms with van der Waals surface area (Å²) in [7, 11) is -3.71. The van der Waals surface area contributed by atoms with Crippen molar-refractivity contribution in [1.29, 1.82) is 0 Å². The fourth-order valence-electron chi connectivity index (χ4n) is 3.60. The van der Waals surface area contributed by atoms with Gasteiger partial charge in [0.2, 0.25) is 10.0 Å². The molecule has 36 heavy (non-hydrogen) atoms. The lowest BCUT2D eigenvalue weighted by Crippen LogP contribution is -2.57. The van der Waals surface area contributed by atoms with Gasteiger partial charge in [-0.25, -0.2) is 22.5 Å². The van der Waals surface area contributed by atoms with Gasteiger partial charge in [0, 0.05) is 25.0 Å². The van der Waals surface area contributed by atoms with Crippen molar-refractivity contribution in [3.8, 4) is 0 Å². The van der Waals surface area contributed by atoms with Crippen LogP contribution in [0.15, 0.2) is 64.5 Å². The number of nitrogens with zero attached hydrogens (tertiary/aromatic N) is 2. The molecule has 0 saturated carbocycles. The highest BCUT2D eigenvalue weighted by molar-refractivity contribution is 7.89. The van der Waals surface area contributed by atoms with Gasteiger partial charge < -0.3 is 5.32 Å². The Morgan fingerprint density at radius 3 is 2.31 bits per heavy atom. The average Bonchev–Trinajstić information content (AvgIpc) is 2.83. The minimum Gasteiger partial charge on any atom is -0.350 e. The second-order valence-corrected chi connectivity index (χ2v) is 11.1. The van der Waals surface area contributed by atoms with Crippen LogP contribution in [0.4, 0.5) is 4.39 Å². The molecule has 0 aliphatic carbocycles. The summed E-state index contributed by atoms with van der Waals surface area (Å²) in [5, 5.41) is 2.57. The minimum absolute atomic E-state index is 0.0359. The summed E-state index contributed by atoms with van der Waals surface area (Å²) in [4.78, 5) is 44.1. The number of Topliss-reactive ketones (excluding diaryl/α,β-unsaturated/α-hetero) is 1. The summed E-state index contributed by atoms with van der Waals surface area (Å²) in [6.45, 7) is 5.52. The monoisotopic (exact) mass is 516 g/mol. The Morgan fingerprint density at radius 1 is 1.06 bits per heavy atom. The normalized spacial score (nSPS) is 16.6. The Balaban J connectivity index is 1.68. The molecular formula is C25H29FN4O5S. The van der Waals surface area contributed by atoms with Gasteiger partial charge in [-0.05, 0) is 36.2 Å². The number of benzene rings is 2. The molecule has 0 saturated heterocycles. The van der Waals surface area contributed by atoms with E-state index in [1.54, 1.807) is 39.0 Å². The third-order valence-electron chi connectivity index (χ3n) is 5.41. The van der Waals surface area contributed by atoms with Crippen molar-refractivity contribution in [2.24, 2.45) is 10.4 Å². The Kier molecular flexibility index (Phi) is 8.36. The van der Waals surface area contributed by atoms with E-state index in [1.165, 1.54) is 41.3 Å². The number of carbonyl (C=O) groups is 3. The van der Waals surface area contributed by atoms with Crippen molar-refractivity contribution >= 4 is 33.5 Å². The molecule has 1 aliphatic heterocycles. The number of sulfonamides is 1. The molecule has 2 aromatic carbocycles. The number of halogens is 1. The predicted octanol–water partition coefficient (Wildman–Crippen LogP) is 2.04. The maximum Gasteiger partial charge on any atom is 0.298 e. The zero-order valence-electron chi connectivity index (χ0n) is 20.3. The highest BCUT2D eigenvalue weighted by Crippen LogP contribution is 2.24. The Morgan fingerprint density at radius 2 is 1.69 bits per heavy atom. The van der Waals surface area contributed by atoms with Gasteiger partial charge in [0.05, 0.1) is 4.90 Å². The first-order chi connectivity index (χ1) is 16.9. The van der Waals surface area contributed by atoms with Crippen molar-refractivity contribution in [3.05, 3.63) is 66.0 Å². The lowest BCUT2D eigenvalue weighted by atomic mass is 9.91. The van der Waals surface area contributed by atoms with Crippen LogP contribution in [0, 0.1) is 11.2 Å². The molecule has 0 radical (unpaired) electrons. The van der Waals surface area contributed by atoms with E-state index in [0.717, 1.165) is 0 Å². The molecule has 3 rings (SSSR count). The van der Waals surface area contributed by atoms with Crippen molar-refractivity contribution < 1.29 is 27.2 Å². The second kappa shape index (κ2) is 11.1. The van der Waals surface area contributed by atoms with Crippen LogP contribution in [0.1, 0.15) is 32.8 Å². The van der Waals surface area contributed by atoms with E-state index < -0.39 is 44.9 Å². The molecule has 1 atom stereocenters. The topological polar surface area (TPSA) is 125 Å². The lowest BCUT2D eigenvalue weighted by Gasteiger charge is -2.36. The third-order valence-corrected chi connectivity index (χ3v) is 6.89. The van der Waals surface area contributed by atoms with Gasteiger partial charge in [-0.15, -0.1) is 0 Å². The van der Waals surface area contributed by atoms with Crippen molar-refractivity contribution in [2.45, 2.75) is 44.7 Å². The van der Waals surface area contributed by atoms with Gasteiger partial charge in [0.15, 0.2) is 6.04 Å². The molecule has 9 nitrogen and oxygen atoms in total. The molecule has 1 aliphatic rings. The fraction of sp³-hybridized carbons (Fsp3) is 0.360. The van der Waals surface area contributed by atoms with Gasteiger partial charge in [0.25, 0.3) is 17.6 Å². The van der Waals surface area contributed by atoms with E-state index in [-0.39, 0.29) is 36.8 Å². The molecular weight excluding hydrogens is 487 g/mol. The fourth-order valence-corrected chi connectivity index (χ4v) is 4.69. The average molecular weight is 517 g/mol. The second-order valence-electron chi connectivity index (χ2n) is 9.33. The smallest absolute Gasteiger partial charge is 0.298 e. The molecule has 2 aromatic rings. The Bertz CT molecular complexity index is 1260. The van der Waals surface area contributed by atoms with Crippen LogP contribution in [-0.2, 0) is 31.0 Å². The third kappa shape index (κ3) is 6.61. The summed E-state index contributed by atoms with van der Waals surface area (Å²) in [5.74, 6) is -2.72. The zero-order valence-corrected chi connectivity index (χ0v) is 21.1. The molecule has 2 amide bonds. The van der Waals surface area contributed by atoms with E-state index in [4.69, 9.17) is 0 Å². The number of carbonyl (C=O) groups excluding carboxylic acids is 3. The maximum atomic E-state index is 13.1. The first-order valence-corrected chi connectivity index (χ1v) is 12.9. The van der Waals surface area contributed by atoms with Crippen LogP contribution in [-0.4, -0.2) is 55.9 Å². The van der Waals surface area contributed by atoms with Crippen LogP contribution in [0.5, 0.6) is 0 Å². The number of ketones is 1. The molecule has 192 valence electrons.